The third-order valence-electron chi connectivity index (χ3n) is 3.85. The minimum atomic E-state index is -0.216. The molecule has 0 aromatic carbocycles. The van der Waals surface area contributed by atoms with Crippen LogP contribution < -0.4 is 5.32 Å². The highest BCUT2D eigenvalue weighted by Gasteiger charge is 2.36. The second kappa shape index (κ2) is 6.27. The van der Waals surface area contributed by atoms with Gasteiger partial charge in [0, 0.05) is 12.0 Å². The van der Waals surface area contributed by atoms with Gasteiger partial charge >= 0.3 is 0 Å². The minimum absolute atomic E-state index is 0.0539. The van der Waals surface area contributed by atoms with Crippen molar-refractivity contribution >= 4 is 12.0 Å². The Labute approximate surface area is 119 Å². The lowest BCUT2D eigenvalue weighted by atomic mass is 10.1. The Bertz CT molecular complexity index is 490. The molecule has 1 aliphatic carbocycles. The summed E-state index contributed by atoms with van der Waals surface area (Å²) in [7, 11) is 0. The highest BCUT2D eigenvalue weighted by Crippen LogP contribution is 2.47. The van der Waals surface area contributed by atoms with E-state index < -0.39 is 0 Å². The topological polar surface area (TPSA) is 62.5 Å². The largest absolute Gasteiger partial charge is 0.461 e. The van der Waals surface area contributed by atoms with E-state index in [0.29, 0.717) is 17.6 Å². The molecule has 0 saturated heterocycles. The fourth-order valence-electron chi connectivity index (χ4n) is 2.19. The van der Waals surface area contributed by atoms with Crippen LogP contribution >= 0.6 is 0 Å². The molecule has 0 spiro atoms. The zero-order valence-electron chi connectivity index (χ0n) is 12.3. The van der Waals surface area contributed by atoms with Gasteiger partial charge in [-0.3, -0.25) is 4.79 Å². The predicted octanol–water partition coefficient (Wildman–Crippen LogP) is 2.55. The molecule has 0 radical (unpaired) electrons. The van der Waals surface area contributed by atoms with Crippen molar-refractivity contribution in [1.82, 2.24) is 5.32 Å². The summed E-state index contributed by atoms with van der Waals surface area (Å²) in [5.41, 5.74) is 0. The first-order chi connectivity index (χ1) is 9.51. The van der Waals surface area contributed by atoms with Crippen LogP contribution in [0, 0.1) is 11.8 Å². The molecule has 1 aromatic rings. The number of carbonyl (C=O) groups excluding carboxylic acids is 1. The van der Waals surface area contributed by atoms with Gasteiger partial charge in [0.25, 0.3) is 0 Å². The third kappa shape index (κ3) is 3.73. The molecule has 1 aliphatic rings. The molecule has 4 nitrogen and oxygen atoms in total. The van der Waals surface area contributed by atoms with Gasteiger partial charge in [-0.25, -0.2) is 0 Å². The zero-order chi connectivity index (χ0) is 14.7. The summed E-state index contributed by atoms with van der Waals surface area (Å²) in [6.45, 7) is 6.07. The summed E-state index contributed by atoms with van der Waals surface area (Å²) in [6.07, 6.45) is 4.30. The summed E-state index contributed by atoms with van der Waals surface area (Å²) < 4.78 is 5.69. The van der Waals surface area contributed by atoms with Gasteiger partial charge in [0.05, 0.1) is 12.6 Å². The highest BCUT2D eigenvalue weighted by atomic mass is 16.3. The molecule has 1 heterocycles. The Morgan fingerprint density at radius 3 is 2.80 bits per heavy atom. The maximum Gasteiger partial charge on any atom is 0.244 e. The van der Waals surface area contributed by atoms with Crippen molar-refractivity contribution in [2.45, 2.75) is 39.2 Å². The van der Waals surface area contributed by atoms with Crippen LogP contribution in [0.4, 0.5) is 0 Å². The van der Waals surface area contributed by atoms with Gasteiger partial charge in [0.1, 0.15) is 11.5 Å². The van der Waals surface area contributed by atoms with Crippen LogP contribution in [-0.2, 0) is 4.79 Å². The van der Waals surface area contributed by atoms with E-state index in [2.05, 4.69) is 12.2 Å². The second-order valence-electron chi connectivity index (χ2n) is 5.93. The molecule has 20 heavy (non-hydrogen) atoms. The lowest BCUT2D eigenvalue weighted by Crippen LogP contribution is -2.40. The summed E-state index contributed by atoms with van der Waals surface area (Å²) in [4.78, 5) is 11.7. The Kier molecular flexibility index (Phi) is 4.65. The molecule has 1 amide bonds. The van der Waals surface area contributed by atoms with Gasteiger partial charge in [0.15, 0.2) is 0 Å². The van der Waals surface area contributed by atoms with Crippen LogP contribution in [0.1, 0.15) is 44.6 Å². The monoisotopic (exact) mass is 277 g/mol. The maximum absolute atomic E-state index is 11.7. The van der Waals surface area contributed by atoms with Gasteiger partial charge in [-0.05, 0) is 36.5 Å². The summed E-state index contributed by atoms with van der Waals surface area (Å²) in [5.74, 6) is 2.94. The van der Waals surface area contributed by atoms with Gasteiger partial charge in [-0.1, -0.05) is 20.8 Å². The quantitative estimate of drug-likeness (QED) is 0.785. The molecular weight excluding hydrogens is 254 g/mol. The molecule has 3 atom stereocenters. The number of amides is 1. The van der Waals surface area contributed by atoms with Gasteiger partial charge in [-0.2, -0.15) is 0 Å². The van der Waals surface area contributed by atoms with Crippen LogP contribution in [-0.4, -0.2) is 23.7 Å². The molecule has 0 bridgehead atoms. The molecule has 1 saturated carbocycles. The van der Waals surface area contributed by atoms with E-state index in [1.165, 1.54) is 12.5 Å². The SMILES string of the molecule is CC(C)C(CO)NC(=O)C=Cc1ccc(C2CC2C)o1. The van der Waals surface area contributed by atoms with Crippen LogP contribution in [0.25, 0.3) is 6.08 Å². The van der Waals surface area contributed by atoms with Crippen LogP contribution in [0.5, 0.6) is 0 Å². The standard InChI is InChI=1S/C16H23NO3/c1-10(2)14(9-18)17-16(19)7-5-12-4-6-15(20-12)13-8-11(13)3/h4-7,10-11,13-14,18H,8-9H2,1-3H3,(H,17,19). The molecule has 1 fully saturated rings. The Morgan fingerprint density at radius 1 is 1.55 bits per heavy atom. The number of rotatable bonds is 6. The van der Waals surface area contributed by atoms with Crippen LogP contribution in [0.15, 0.2) is 22.6 Å². The van der Waals surface area contributed by atoms with E-state index in [4.69, 9.17) is 9.52 Å². The average Bonchev–Trinajstić information content (AvgIpc) is 2.96. The number of aliphatic hydroxyl groups is 1. The van der Waals surface area contributed by atoms with Gasteiger partial charge in [-0.15, -0.1) is 0 Å². The number of hydrogen-bond acceptors (Lipinski definition) is 3. The minimum Gasteiger partial charge on any atom is -0.461 e. The zero-order valence-corrected chi connectivity index (χ0v) is 12.3. The lowest BCUT2D eigenvalue weighted by molar-refractivity contribution is -0.117. The average molecular weight is 277 g/mol. The predicted molar refractivity (Wildman–Crippen MR) is 78.1 cm³/mol. The van der Waals surface area contributed by atoms with Crippen LogP contribution in [0.2, 0.25) is 0 Å². The fourth-order valence-corrected chi connectivity index (χ4v) is 2.19. The molecule has 2 N–H and O–H groups in total. The van der Waals surface area contributed by atoms with Crippen molar-refractivity contribution in [3.8, 4) is 0 Å². The van der Waals surface area contributed by atoms with Crippen molar-refractivity contribution in [1.29, 1.82) is 0 Å². The number of nitrogens with one attached hydrogen (secondary N) is 1. The van der Waals surface area contributed by atoms with E-state index in [1.807, 2.05) is 26.0 Å². The van der Waals surface area contributed by atoms with Gasteiger partial charge in [0.2, 0.25) is 5.91 Å². The molecule has 2 rings (SSSR count). The van der Waals surface area contributed by atoms with Crippen molar-refractivity contribution in [2.24, 2.45) is 11.8 Å². The van der Waals surface area contributed by atoms with Crippen molar-refractivity contribution in [2.75, 3.05) is 6.61 Å². The Balaban J connectivity index is 1.88. The third-order valence-corrected chi connectivity index (χ3v) is 3.85. The van der Waals surface area contributed by atoms with Crippen LogP contribution in [0.3, 0.4) is 0 Å². The number of aliphatic hydroxyl groups excluding tert-OH is 1. The van der Waals surface area contributed by atoms with Crippen molar-refractivity contribution in [3.05, 3.63) is 29.7 Å². The van der Waals surface area contributed by atoms with E-state index >= 15 is 0 Å². The van der Waals surface area contributed by atoms with E-state index in [0.717, 1.165) is 5.76 Å². The molecule has 1 aromatic heterocycles. The molecule has 110 valence electrons. The Morgan fingerprint density at radius 2 is 2.25 bits per heavy atom. The Hall–Kier alpha value is -1.55. The maximum atomic E-state index is 11.7. The summed E-state index contributed by atoms with van der Waals surface area (Å²) in [6, 6.07) is 3.65. The smallest absolute Gasteiger partial charge is 0.244 e. The number of furan rings is 1. The number of hydrogen-bond donors (Lipinski definition) is 2. The van der Waals surface area contributed by atoms with E-state index in [9.17, 15) is 4.79 Å². The first-order valence-corrected chi connectivity index (χ1v) is 7.20. The molecule has 4 heteroatoms. The lowest BCUT2D eigenvalue weighted by Gasteiger charge is -2.18. The summed E-state index contributed by atoms with van der Waals surface area (Å²) in [5, 5.41) is 11.9. The number of carbonyl (C=O) groups is 1. The van der Waals surface area contributed by atoms with Gasteiger partial charge < -0.3 is 14.8 Å². The molecular formula is C16H23NO3. The highest BCUT2D eigenvalue weighted by molar-refractivity contribution is 5.91. The van der Waals surface area contributed by atoms with Crippen molar-refractivity contribution < 1.29 is 14.3 Å². The molecule has 0 aliphatic heterocycles. The normalized spacial score (nSPS) is 23.2. The van der Waals surface area contributed by atoms with E-state index in [1.54, 1.807) is 6.08 Å². The van der Waals surface area contributed by atoms with Crippen molar-refractivity contribution in [3.63, 3.8) is 0 Å². The first kappa shape index (κ1) is 14.9. The van der Waals surface area contributed by atoms with E-state index in [-0.39, 0.29) is 24.5 Å². The summed E-state index contributed by atoms with van der Waals surface area (Å²) >= 11 is 0. The molecule has 3 unspecified atom stereocenters. The first-order valence-electron chi connectivity index (χ1n) is 7.20. The fraction of sp³-hybridized carbons (Fsp3) is 0.562. The second-order valence-corrected chi connectivity index (χ2v) is 5.93.